The summed E-state index contributed by atoms with van der Waals surface area (Å²) < 4.78 is 6.85. The molecule has 0 amide bonds. The zero-order chi connectivity index (χ0) is 18.0. The van der Waals surface area contributed by atoms with Crippen LogP contribution in [0.25, 0.3) is 10.6 Å². The molecule has 3 fully saturated rings. The Bertz CT molecular complexity index is 878. The predicted octanol–water partition coefficient (Wildman–Crippen LogP) is 4.16. The number of carbonyl (C=O) groups is 2. The normalized spacial score (nSPS) is 32.5. The van der Waals surface area contributed by atoms with Crippen molar-refractivity contribution in [2.75, 3.05) is 0 Å². The van der Waals surface area contributed by atoms with Gasteiger partial charge in [-0.3, -0.25) is 9.59 Å². The van der Waals surface area contributed by atoms with Crippen LogP contribution in [0.1, 0.15) is 36.3 Å². The predicted molar refractivity (Wildman–Crippen MR) is 102 cm³/mol. The van der Waals surface area contributed by atoms with Crippen LogP contribution in [0.3, 0.4) is 0 Å². The molecule has 0 spiro atoms. The number of ketones is 2. The third kappa shape index (κ3) is 2.31. The van der Waals surface area contributed by atoms with Crippen LogP contribution in [-0.4, -0.2) is 28.8 Å². The molecule has 0 N–H and O–H groups in total. The van der Waals surface area contributed by atoms with E-state index in [0.29, 0.717) is 5.69 Å². The Morgan fingerprint density at radius 3 is 2.31 bits per heavy atom. The van der Waals surface area contributed by atoms with Crippen molar-refractivity contribution in [1.82, 2.24) is 4.98 Å². The third-order valence-electron chi connectivity index (χ3n) is 5.91. The third-order valence-corrected chi connectivity index (χ3v) is 7.71. The molecule has 2 saturated heterocycles. The first-order valence-electron chi connectivity index (χ1n) is 9.07. The molecule has 3 aliphatic rings. The highest BCUT2D eigenvalue weighted by atomic mass is 79.9. The number of rotatable bonds is 3. The lowest BCUT2D eigenvalue weighted by atomic mass is 9.81. The number of nitrogens with zero attached hydrogens (tertiary/aromatic N) is 1. The van der Waals surface area contributed by atoms with Crippen LogP contribution in [0.4, 0.5) is 0 Å². The number of aryl methyl sites for hydroxylation is 1. The first kappa shape index (κ1) is 16.8. The van der Waals surface area contributed by atoms with Crippen molar-refractivity contribution >= 4 is 38.8 Å². The van der Waals surface area contributed by atoms with E-state index in [1.165, 1.54) is 0 Å². The van der Waals surface area contributed by atoms with Gasteiger partial charge < -0.3 is 4.74 Å². The molecule has 26 heavy (non-hydrogen) atoms. The highest BCUT2D eigenvalue weighted by Gasteiger charge is 2.63. The quantitative estimate of drug-likeness (QED) is 0.684. The molecule has 3 heterocycles. The van der Waals surface area contributed by atoms with Gasteiger partial charge in [-0.05, 0) is 31.4 Å². The highest BCUT2D eigenvalue weighted by molar-refractivity contribution is 9.10. The van der Waals surface area contributed by atoms with E-state index < -0.39 is 5.92 Å². The van der Waals surface area contributed by atoms with Crippen molar-refractivity contribution in [3.63, 3.8) is 0 Å². The lowest BCUT2D eigenvalue weighted by Gasteiger charge is -2.16. The molecule has 2 aliphatic heterocycles. The van der Waals surface area contributed by atoms with Gasteiger partial charge in [0.05, 0.1) is 29.7 Å². The second kappa shape index (κ2) is 6.08. The molecule has 0 radical (unpaired) electrons. The summed E-state index contributed by atoms with van der Waals surface area (Å²) in [6.45, 7) is 2.06. The van der Waals surface area contributed by atoms with Crippen LogP contribution in [0.15, 0.2) is 28.7 Å². The minimum Gasteiger partial charge on any atom is -0.373 e. The molecule has 5 atom stereocenters. The maximum Gasteiger partial charge on any atom is 0.155 e. The number of hydrogen-bond donors (Lipinski definition) is 0. The summed E-state index contributed by atoms with van der Waals surface area (Å²) in [6.07, 6.45) is 2.47. The summed E-state index contributed by atoms with van der Waals surface area (Å²) in [5.41, 5.74) is 1.71. The van der Waals surface area contributed by atoms with Gasteiger partial charge in [0, 0.05) is 14.9 Å². The van der Waals surface area contributed by atoms with Crippen LogP contribution < -0.4 is 0 Å². The number of ether oxygens (including phenoxy) is 1. The molecule has 1 aliphatic carbocycles. The molecule has 1 aromatic carbocycles. The number of thiazole rings is 1. The molecule has 6 heteroatoms. The first-order chi connectivity index (χ1) is 12.6. The van der Waals surface area contributed by atoms with Gasteiger partial charge in [-0.15, -0.1) is 11.3 Å². The van der Waals surface area contributed by atoms with Crippen LogP contribution in [-0.2, 0) is 20.7 Å². The van der Waals surface area contributed by atoms with E-state index in [-0.39, 0.29) is 35.6 Å². The van der Waals surface area contributed by atoms with Crippen LogP contribution in [0.5, 0.6) is 0 Å². The molecule has 1 aromatic heterocycles. The highest BCUT2D eigenvalue weighted by Crippen LogP contribution is 2.53. The van der Waals surface area contributed by atoms with Gasteiger partial charge in [-0.1, -0.05) is 35.0 Å². The SMILES string of the molecule is CCc1sc(-c2ccc(Br)cc2)nc1C1C(=O)[C@@H]2[C@H](C1=O)[C@@H]1CC[C@H]2O1. The number of aromatic nitrogens is 1. The molecule has 1 unspecified atom stereocenters. The smallest absolute Gasteiger partial charge is 0.155 e. The van der Waals surface area contributed by atoms with Crippen LogP contribution in [0.2, 0.25) is 0 Å². The zero-order valence-electron chi connectivity index (χ0n) is 14.3. The standard InChI is InChI=1S/C20H18BrNO3S/c1-2-13-17(22-20(26-13)9-3-5-10(21)6-4-9)16-18(23)14-11-7-8-12(25-11)15(14)19(16)24/h3-6,11-12,14-16H,2,7-8H2,1H3/t11-,12+,14+,15-,16?. The van der Waals surface area contributed by atoms with Crippen LogP contribution in [0, 0.1) is 11.8 Å². The van der Waals surface area contributed by atoms with Gasteiger partial charge in [-0.2, -0.15) is 0 Å². The molecule has 2 bridgehead atoms. The maximum absolute atomic E-state index is 13.1. The molecule has 2 aromatic rings. The van der Waals surface area contributed by atoms with Crippen molar-refractivity contribution in [2.24, 2.45) is 11.8 Å². The topological polar surface area (TPSA) is 56.3 Å². The van der Waals surface area contributed by atoms with Crippen molar-refractivity contribution in [3.8, 4) is 10.6 Å². The summed E-state index contributed by atoms with van der Waals surface area (Å²) in [6, 6.07) is 7.97. The molecule has 1 saturated carbocycles. The van der Waals surface area contributed by atoms with Crippen LogP contribution >= 0.6 is 27.3 Å². The molecular formula is C20H18BrNO3S. The Kier molecular flexibility index (Phi) is 3.92. The number of carbonyl (C=O) groups excluding carboxylic acids is 2. The number of halogens is 1. The largest absolute Gasteiger partial charge is 0.373 e. The Labute approximate surface area is 164 Å². The minimum atomic E-state index is -0.688. The second-order valence-electron chi connectivity index (χ2n) is 7.27. The maximum atomic E-state index is 13.1. The summed E-state index contributed by atoms with van der Waals surface area (Å²) >= 11 is 5.04. The van der Waals surface area contributed by atoms with Gasteiger partial charge in [0.15, 0.2) is 11.6 Å². The fourth-order valence-electron chi connectivity index (χ4n) is 4.75. The van der Waals surface area contributed by atoms with Crippen molar-refractivity contribution < 1.29 is 14.3 Å². The number of benzene rings is 1. The number of Topliss-reactive ketones (excluding diaryl/α,β-unsaturated/α-hetero) is 2. The van der Waals surface area contributed by atoms with Gasteiger partial charge >= 0.3 is 0 Å². The van der Waals surface area contributed by atoms with E-state index in [0.717, 1.165) is 39.2 Å². The summed E-state index contributed by atoms with van der Waals surface area (Å²) in [7, 11) is 0. The molecule has 5 rings (SSSR count). The van der Waals surface area contributed by atoms with Gasteiger partial charge in [-0.25, -0.2) is 4.98 Å². The lowest BCUT2D eigenvalue weighted by Crippen LogP contribution is -2.29. The average Bonchev–Trinajstić information content (AvgIpc) is 3.39. The first-order valence-corrected chi connectivity index (χ1v) is 10.7. The van der Waals surface area contributed by atoms with Crippen molar-refractivity contribution in [3.05, 3.63) is 39.3 Å². The molecular weight excluding hydrogens is 414 g/mol. The Morgan fingerprint density at radius 1 is 1.12 bits per heavy atom. The Balaban J connectivity index is 1.55. The summed E-state index contributed by atoms with van der Waals surface area (Å²) in [5.74, 6) is -1.10. The van der Waals surface area contributed by atoms with E-state index >= 15 is 0 Å². The lowest BCUT2D eigenvalue weighted by molar-refractivity contribution is -0.127. The summed E-state index contributed by atoms with van der Waals surface area (Å²) in [4.78, 5) is 32.0. The van der Waals surface area contributed by atoms with E-state index in [2.05, 4.69) is 22.9 Å². The summed E-state index contributed by atoms with van der Waals surface area (Å²) in [5, 5.41) is 0.876. The fraction of sp³-hybridized carbons (Fsp3) is 0.450. The van der Waals surface area contributed by atoms with Gasteiger partial charge in [0.2, 0.25) is 0 Å². The van der Waals surface area contributed by atoms with Crippen molar-refractivity contribution in [1.29, 1.82) is 0 Å². The van der Waals surface area contributed by atoms with Gasteiger partial charge in [0.1, 0.15) is 10.9 Å². The average molecular weight is 432 g/mol. The minimum absolute atomic E-state index is 0.0366. The fourth-order valence-corrected chi connectivity index (χ4v) is 6.06. The van der Waals surface area contributed by atoms with Gasteiger partial charge in [0.25, 0.3) is 0 Å². The van der Waals surface area contributed by atoms with E-state index in [9.17, 15) is 9.59 Å². The van der Waals surface area contributed by atoms with E-state index in [1.807, 2.05) is 24.3 Å². The molecule has 4 nitrogen and oxygen atoms in total. The zero-order valence-corrected chi connectivity index (χ0v) is 16.7. The Morgan fingerprint density at radius 2 is 1.73 bits per heavy atom. The number of fused-ring (bicyclic) bond motifs is 5. The second-order valence-corrected chi connectivity index (χ2v) is 9.27. The Hall–Kier alpha value is -1.37. The molecule has 134 valence electrons. The van der Waals surface area contributed by atoms with E-state index in [4.69, 9.17) is 9.72 Å². The van der Waals surface area contributed by atoms with Crippen molar-refractivity contribution in [2.45, 2.75) is 44.3 Å². The van der Waals surface area contributed by atoms with E-state index in [1.54, 1.807) is 11.3 Å². The number of hydrogen-bond acceptors (Lipinski definition) is 5. The monoisotopic (exact) mass is 431 g/mol.